The molecule has 228 valence electrons. The zero-order valence-corrected chi connectivity index (χ0v) is 25.7. The molecule has 10 nitrogen and oxygen atoms in total. The Morgan fingerprint density at radius 3 is 2.35 bits per heavy atom. The summed E-state index contributed by atoms with van der Waals surface area (Å²) in [5.41, 5.74) is 0.993. The molecule has 1 aliphatic rings. The van der Waals surface area contributed by atoms with E-state index in [1.165, 1.54) is 18.3 Å². The number of hydrogen-bond acceptors (Lipinski definition) is 6. The number of carbonyl (C=O) groups excluding carboxylic acids is 3. The Kier molecular flexibility index (Phi) is 12.4. The van der Waals surface area contributed by atoms with Crippen LogP contribution in [0.3, 0.4) is 0 Å². The Hall–Kier alpha value is -3.66. The van der Waals surface area contributed by atoms with Crippen molar-refractivity contribution in [1.29, 1.82) is 0 Å². The van der Waals surface area contributed by atoms with Crippen LogP contribution in [0.2, 0.25) is 0 Å². The predicted molar refractivity (Wildman–Crippen MR) is 165 cm³/mol. The first kappa shape index (κ1) is 33.8. The van der Waals surface area contributed by atoms with E-state index in [1.54, 1.807) is 42.2 Å². The predicted octanol–water partition coefficient (Wildman–Crippen LogP) is 2.04. The summed E-state index contributed by atoms with van der Waals surface area (Å²) in [5.74, 6) is 0.552. The van der Waals surface area contributed by atoms with E-state index < -0.39 is 51.9 Å². The van der Waals surface area contributed by atoms with Gasteiger partial charge in [-0.05, 0) is 50.8 Å². The molecule has 0 unspecified atom stereocenters. The molecule has 0 spiro atoms. The number of sulfonamides is 1. The van der Waals surface area contributed by atoms with Crippen LogP contribution >= 0.6 is 0 Å². The zero-order valence-electron chi connectivity index (χ0n) is 24.9. The van der Waals surface area contributed by atoms with Gasteiger partial charge in [0.25, 0.3) is 0 Å². The molecule has 0 aromatic heterocycles. The third-order valence-electron chi connectivity index (χ3n) is 7.72. The molecule has 1 aliphatic heterocycles. The summed E-state index contributed by atoms with van der Waals surface area (Å²) >= 11 is 0. The molecule has 1 saturated heterocycles. The van der Waals surface area contributed by atoms with Crippen LogP contribution in [0.1, 0.15) is 32.3 Å². The van der Waals surface area contributed by atoms with Crippen molar-refractivity contribution in [3.8, 4) is 12.3 Å². The molecule has 0 saturated carbocycles. The fourth-order valence-corrected chi connectivity index (χ4v) is 6.47. The van der Waals surface area contributed by atoms with Crippen LogP contribution in [0.25, 0.3) is 0 Å². The Bertz CT molecular complexity index is 1390. The van der Waals surface area contributed by atoms with Crippen LogP contribution in [0.15, 0.2) is 65.6 Å². The lowest BCUT2D eigenvalue weighted by Crippen LogP contribution is -2.59. The second kappa shape index (κ2) is 15.7. The first-order valence-electron chi connectivity index (χ1n) is 14.2. The molecular formula is C31H39BN4O6S. The highest BCUT2D eigenvalue weighted by Gasteiger charge is 2.40. The van der Waals surface area contributed by atoms with Crippen molar-refractivity contribution in [3.05, 3.63) is 66.2 Å². The monoisotopic (exact) mass is 606 g/mol. The molecule has 0 bridgehead atoms. The number of benzene rings is 2. The van der Waals surface area contributed by atoms with Gasteiger partial charge in [0.05, 0.1) is 11.0 Å². The summed E-state index contributed by atoms with van der Waals surface area (Å²) in [6, 6.07) is 15.3. The highest BCUT2D eigenvalue weighted by atomic mass is 32.2. The van der Waals surface area contributed by atoms with E-state index >= 15 is 0 Å². The first-order chi connectivity index (χ1) is 20.5. The number of likely N-dealkylation sites (N-methyl/N-ethyl adjacent to an activating group) is 1. The van der Waals surface area contributed by atoms with Gasteiger partial charge in [-0.1, -0.05) is 54.5 Å². The summed E-state index contributed by atoms with van der Waals surface area (Å²) in [4.78, 5) is 41.5. The minimum atomic E-state index is -3.87. The van der Waals surface area contributed by atoms with Gasteiger partial charge in [0.15, 0.2) is 5.81 Å². The summed E-state index contributed by atoms with van der Waals surface area (Å²) < 4.78 is 34.7. The average Bonchev–Trinajstić information content (AvgIpc) is 3.48. The zero-order chi connectivity index (χ0) is 31.6. The molecule has 4 atom stereocenters. The van der Waals surface area contributed by atoms with Crippen molar-refractivity contribution in [2.24, 2.45) is 0 Å². The molecule has 43 heavy (non-hydrogen) atoms. The van der Waals surface area contributed by atoms with Crippen LogP contribution in [-0.2, 0) is 30.8 Å². The van der Waals surface area contributed by atoms with Gasteiger partial charge in [0.1, 0.15) is 18.7 Å². The fraction of sp³-hybridized carbons (Fsp3) is 0.452. The second-order valence-electron chi connectivity index (χ2n) is 10.6. The van der Waals surface area contributed by atoms with Crippen LogP contribution in [0.5, 0.6) is 0 Å². The van der Waals surface area contributed by atoms with Crippen molar-refractivity contribution < 1.29 is 27.5 Å². The van der Waals surface area contributed by atoms with E-state index in [0.717, 1.165) is 10.5 Å². The maximum absolute atomic E-state index is 14.0. The van der Waals surface area contributed by atoms with E-state index in [4.69, 9.17) is 19.0 Å². The number of carbonyl (C=O) groups is 3. The van der Waals surface area contributed by atoms with Gasteiger partial charge in [-0.3, -0.25) is 14.4 Å². The van der Waals surface area contributed by atoms with Crippen molar-refractivity contribution in [3.63, 3.8) is 0 Å². The van der Waals surface area contributed by atoms with Crippen LogP contribution < -0.4 is 5.32 Å². The molecular weight excluding hydrogens is 567 g/mol. The van der Waals surface area contributed by atoms with Crippen LogP contribution in [0.4, 0.5) is 4.79 Å². The Morgan fingerprint density at radius 2 is 1.74 bits per heavy atom. The standard InChI is InChI=1S/C31H39BN4O6S/c1-5-21-42-24(3)28(33-29(37)23(2)34(4)31(32)39)30(38)36-19-12-15-26(36)22-35(20-18-25-13-8-6-9-14-25)43(40,41)27-16-10-7-11-17-27/h1,6-11,13-14,16-17,23-24,26,28H,12,15,18-22H2,2-4H3,(H,33,37)/t23-,24+,26-,28-/m0/s1. The van der Waals surface area contributed by atoms with Gasteiger partial charge in [-0.15, -0.1) is 6.42 Å². The molecule has 1 N–H and O–H groups in total. The smallest absolute Gasteiger partial charge is 0.248 e. The number of likely N-dealkylation sites (tertiary alicyclic amines) is 1. The van der Waals surface area contributed by atoms with Crippen molar-refractivity contribution in [1.82, 2.24) is 19.4 Å². The van der Waals surface area contributed by atoms with E-state index in [1.807, 2.05) is 30.3 Å². The number of ether oxygens (including phenoxy) is 1. The molecule has 2 aromatic carbocycles. The third kappa shape index (κ3) is 8.92. The number of terminal acetylenes is 1. The molecule has 3 amide bonds. The van der Waals surface area contributed by atoms with E-state index in [0.29, 0.717) is 25.8 Å². The van der Waals surface area contributed by atoms with Gasteiger partial charge in [0, 0.05) is 32.7 Å². The number of amides is 3. The van der Waals surface area contributed by atoms with Gasteiger partial charge >= 0.3 is 0 Å². The number of nitrogens with zero attached hydrogens (tertiary/aromatic N) is 3. The highest BCUT2D eigenvalue weighted by molar-refractivity contribution is 7.89. The molecule has 0 aliphatic carbocycles. The maximum Gasteiger partial charge on any atom is 0.248 e. The van der Waals surface area contributed by atoms with Gasteiger partial charge in [-0.2, -0.15) is 4.31 Å². The van der Waals surface area contributed by atoms with Gasteiger partial charge < -0.3 is 19.9 Å². The SMILES string of the molecule is [B]C(=O)N(C)[C@@H](C)C(=O)N[C@H](C(=O)N1CCC[C@H]1CN(CCc1ccccc1)S(=O)(=O)c1ccccc1)[C@@H](C)OCC#C. The summed E-state index contributed by atoms with van der Waals surface area (Å²) in [6.45, 7) is 3.72. The lowest BCUT2D eigenvalue weighted by Gasteiger charge is -2.35. The minimum Gasteiger partial charge on any atom is -0.363 e. The van der Waals surface area contributed by atoms with E-state index in [2.05, 4.69) is 11.2 Å². The third-order valence-corrected chi connectivity index (χ3v) is 9.60. The summed E-state index contributed by atoms with van der Waals surface area (Å²) in [6.07, 6.45) is 6.29. The molecule has 1 fully saturated rings. The molecule has 3 rings (SSSR count). The first-order valence-corrected chi connectivity index (χ1v) is 15.7. The normalized spacial score (nSPS) is 17.1. The second-order valence-corrected chi connectivity index (χ2v) is 12.5. The maximum atomic E-state index is 14.0. The van der Waals surface area contributed by atoms with E-state index in [-0.39, 0.29) is 24.6 Å². The van der Waals surface area contributed by atoms with Crippen LogP contribution in [-0.4, -0.2) is 106 Å². The topological polar surface area (TPSA) is 116 Å². The van der Waals surface area contributed by atoms with Gasteiger partial charge in [-0.25, -0.2) is 8.42 Å². The lowest BCUT2D eigenvalue weighted by molar-refractivity contribution is -0.142. The van der Waals surface area contributed by atoms with E-state index in [9.17, 15) is 22.8 Å². The quantitative estimate of drug-likeness (QED) is 0.260. The number of rotatable bonds is 14. The summed E-state index contributed by atoms with van der Waals surface area (Å²) in [5, 5.41) is 2.71. The summed E-state index contributed by atoms with van der Waals surface area (Å²) in [7, 11) is 2.83. The van der Waals surface area contributed by atoms with Crippen molar-refractivity contribution >= 4 is 35.5 Å². The number of nitrogens with one attached hydrogen (secondary N) is 1. The Labute approximate surface area is 256 Å². The fourth-order valence-electron chi connectivity index (χ4n) is 4.98. The Balaban J connectivity index is 1.86. The molecule has 2 radical (unpaired) electrons. The van der Waals surface area contributed by atoms with Crippen molar-refractivity contribution in [2.75, 3.05) is 33.3 Å². The van der Waals surface area contributed by atoms with Crippen LogP contribution in [0, 0.1) is 12.3 Å². The van der Waals surface area contributed by atoms with Crippen molar-refractivity contribution in [2.45, 2.75) is 62.2 Å². The number of hydrogen-bond donors (Lipinski definition) is 1. The highest BCUT2D eigenvalue weighted by Crippen LogP contribution is 2.24. The molecule has 2 aromatic rings. The van der Waals surface area contributed by atoms with Gasteiger partial charge in [0.2, 0.25) is 29.7 Å². The Morgan fingerprint density at radius 1 is 1.12 bits per heavy atom. The molecule has 12 heteroatoms. The minimum absolute atomic E-state index is 0.0798. The molecule has 1 heterocycles. The average molecular weight is 607 g/mol. The largest absolute Gasteiger partial charge is 0.363 e. The lowest BCUT2D eigenvalue weighted by atomic mass is 10.1.